The molecule has 0 unspecified atom stereocenters. The molecule has 0 radical (unpaired) electrons. The summed E-state index contributed by atoms with van der Waals surface area (Å²) in [5.41, 5.74) is 4.60. The van der Waals surface area contributed by atoms with Crippen LogP contribution in [0.2, 0.25) is 5.02 Å². The Kier molecular flexibility index (Phi) is 6.45. The molecule has 0 bridgehead atoms. The number of aromatic nitrogens is 6. The lowest BCUT2D eigenvalue weighted by molar-refractivity contribution is -0.629. The SMILES string of the molecule is COc1nccnc1/C(=C\N)Oc1cnc2[nH]c(Nc3cc(C(F)(F)F)cn(C)c3=O)[n+](C)c2c1Cl. The molecule has 4 rings (SSSR count). The third kappa shape index (κ3) is 4.49. The number of anilines is 2. The Hall–Kier alpha value is -4.33. The summed E-state index contributed by atoms with van der Waals surface area (Å²) >= 11 is 6.58. The molecule has 4 aromatic rings. The van der Waals surface area contributed by atoms with Crippen LogP contribution in [-0.4, -0.2) is 31.6 Å². The van der Waals surface area contributed by atoms with Crippen molar-refractivity contribution >= 4 is 40.2 Å². The number of alkyl halides is 3. The number of rotatable bonds is 6. The number of H-pyrrole nitrogens is 1. The summed E-state index contributed by atoms with van der Waals surface area (Å²) in [4.78, 5) is 27.8. The normalized spacial score (nSPS) is 12.1. The largest absolute Gasteiger partial charge is 0.479 e. The van der Waals surface area contributed by atoms with Gasteiger partial charge in [-0.05, 0) is 6.07 Å². The summed E-state index contributed by atoms with van der Waals surface area (Å²) in [6, 6.07) is 0.726. The molecule has 0 spiro atoms. The van der Waals surface area contributed by atoms with Gasteiger partial charge in [0.2, 0.25) is 11.5 Å². The van der Waals surface area contributed by atoms with E-state index >= 15 is 0 Å². The first-order valence-electron chi connectivity index (χ1n) is 10.1. The Morgan fingerprint density at radius 3 is 2.69 bits per heavy atom. The molecule has 188 valence electrons. The number of pyridine rings is 2. The van der Waals surface area contributed by atoms with Gasteiger partial charge in [-0.15, -0.1) is 0 Å². The average molecular weight is 524 g/mol. The van der Waals surface area contributed by atoms with Crippen LogP contribution in [-0.2, 0) is 20.3 Å². The Balaban J connectivity index is 1.73. The van der Waals surface area contributed by atoms with Crippen molar-refractivity contribution in [1.82, 2.24) is 24.5 Å². The van der Waals surface area contributed by atoms with Gasteiger partial charge >= 0.3 is 12.1 Å². The number of hydrogen-bond acceptors (Lipinski definition) is 8. The highest BCUT2D eigenvalue weighted by atomic mass is 35.5. The molecule has 0 atom stereocenters. The van der Waals surface area contributed by atoms with Crippen LogP contribution in [0.5, 0.6) is 11.6 Å². The molecule has 0 aromatic carbocycles. The van der Waals surface area contributed by atoms with Crippen molar-refractivity contribution in [3.63, 3.8) is 0 Å². The molecule has 0 aliphatic heterocycles. The van der Waals surface area contributed by atoms with Crippen molar-refractivity contribution in [2.24, 2.45) is 19.8 Å². The van der Waals surface area contributed by atoms with E-state index < -0.39 is 17.3 Å². The number of aromatic amines is 1. The molecule has 0 aliphatic rings. The number of nitrogens with one attached hydrogen (secondary N) is 2. The summed E-state index contributed by atoms with van der Waals surface area (Å²) in [5, 5.41) is 2.79. The van der Waals surface area contributed by atoms with E-state index in [-0.39, 0.29) is 45.4 Å². The van der Waals surface area contributed by atoms with Crippen molar-refractivity contribution < 1.29 is 27.2 Å². The van der Waals surface area contributed by atoms with Gasteiger partial charge in [0.1, 0.15) is 5.02 Å². The van der Waals surface area contributed by atoms with Gasteiger partial charge in [-0.25, -0.2) is 29.8 Å². The fourth-order valence-corrected chi connectivity index (χ4v) is 3.66. The standard InChI is InChI=1S/C21H18ClF3N8O3/c1-32-9-10(21(23,24)25)6-11(19(32)34)30-20-31-17-16(33(20)2)14(22)13(8-29-17)36-12(7-26)15-18(35-3)28-5-4-27-15/h4-9H,1-3H3,(H3,26,27,29,30,31)/p+1. The maximum absolute atomic E-state index is 13.2. The fourth-order valence-electron chi connectivity index (χ4n) is 3.36. The van der Waals surface area contributed by atoms with Crippen LogP contribution < -0.4 is 30.7 Å². The second-order valence-electron chi connectivity index (χ2n) is 7.39. The average Bonchev–Trinajstić information content (AvgIpc) is 3.16. The molecule has 4 heterocycles. The molecule has 4 aromatic heterocycles. The minimum atomic E-state index is -4.64. The minimum absolute atomic E-state index is 0.0898. The number of halogens is 4. The third-order valence-corrected chi connectivity index (χ3v) is 5.46. The van der Waals surface area contributed by atoms with E-state index in [1.165, 1.54) is 37.3 Å². The van der Waals surface area contributed by atoms with Crippen molar-refractivity contribution in [2.75, 3.05) is 12.4 Å². The first-order chi connectivity index (χ1) is 17.0. The lowest BCUT2D eigenvalue weighted by Crippen LogP contribution is -2.32. The highest BCUT2D eigenvalue weighted by molar-refractivity contribution is 6.36. The molecule has 4 N–H and O–H groups in total. The van der Waals surface area contributed by atoms with Crippen LogP contribution in [0.25, 0.3) is 16.9 Å². The molecule has 0 saturated heterocycles. The summed E-state index contributed by atoms with van der Waals surface area (Å²) in [7, 11) is 4.21. The number of aryl methyl sites for hydroxylation is 2. The van der Waals surface area contributed by atoms with Gasteiger partial charge in [-0.2, -0.15) is 13.2 Å². The van der Waals surface area contributed by atoms with Crippen LogP contribution in [0, 0.1) is 0 Å². The van der Waals surface area contributed by atoms with E-state index in [0.29, 0.717) is 5.52 Å². The highest BCUT2D eigenvalue weighted by Gasteiger charge is 2.33. The molecule has 11 nitrogen and oxygen atoms in total. The lowest BCUT2D eigenvalue weighted by Gasteiger charge is -2.12. The van der Waals surface area contributed by atoms with Crippen LogP contribution in [0.3, 0.4) is 0 Å². The van der Waals surface area contributed by atoms with E-state index in [9.17, 15) is 18.0 Å². The zero-order valence-electron chi connectivity index (χ0n) is 19.0. The van der Waals surface area contributed by atoms with Crippen molar-refractivity contribution in [1.29, 1.82) is 0 Å². The predicted molar refractivity (Wildman–Crippen MR) is 124 cm³/mol. The van der Waals surface area contributed by atoms with Gasteiger partial charge < -0.3 is 19.8 Å². The zero-order valence-corrected chi connectivity index (χ0v) is 19.8. The lowest BCUT2D eigenvalue weighted by atomic mass is 10.2. The number of nitrogens with two attached hydrogens (primary N) is 1. The number of nitrogens with zero attached hydrogens (tertiary/aromatic N) is 5. The van der Waals surface area contributed by atoms with Crippen molar-refractivity contribution in [3.05, 3.63) is 63.7 Å². The number of methoxy groups -OCH3 is 1. The second kappa shape index (κ2) is 9.37. The van der Waals surface area contributed by atoms with E-state index in [1.807, 2.05) is 0 Å². The topological polar surface area (TPSA) is 137 Å². The quantitative estimate of drug-likeness (QED) is 0.259. The molecule has 0 saturated carbocycles. The number of fused-ring (bicyclic) bond motifs is 1. The molecule has 15 heteroatoms. The number of ether oxygens (including phenoxy) is 2. The monoisotopic (exact) mass is 523 g/mol. The van der Waals surface area contributed by atoms with Crippen molar-refractivity contribution in [3.8, 4) is 11.6 Å². The Morgan fingerprint density at radius 2 is 2.03 bits per heavy atom. The molecule has 36 heavy (non-hydrogen) atoms. The maximum Gasteiger partial charge on any atom is 0.417 e. The molecule has 0 amide bonds. The summed E-state index contributed by atoms with van der Waals surface area (Å²) in [6.07, 6.45) is 1.41. The first kappa shape index (κ1) is 24.8. The van der Waals surface area contributed by atoms with E-state index in [0.717, 1.165) is 23.0 Å². The predicted octanol–water partition coefficient (Wildman–Crippen LogP) is 2.64. The van der Waals surface area contributed by atoms with Gasteiger partial charge in [-0.1, -0.05) is 11.6 Å². The smallest absolute Gasteiger partial charge is 0.417 e. The first-order valence-corrected chi connectivity index (χ1v) is 10.5. The van der Waals surface area contributed by atoms with Gasteiger partial charge in [0.25, 0.3) is 5.56 Å². The fraction of sp³-hybridized carbons (Fsp3) is 0.190. The van der Waals surface area contributed by atoms with E-state index in [2.05, 4.69) is 25.3 Å². The van der Waals surface area contributed by atoms with Gasteiger partial charge in [0.05, 0.1) is 25.9 Å². The summed E-state index contributed by atoms with van der Waals surface area (Å²) < 4.78 is 53.0. The number of imidazole rings is 1. The minimum Gasteiger partial charge on any atom is -0.479 e. The molecule has 0 aliphatic carbocycles. The maximum atomic E-state index is 13.2. The molecular weight excluding hydrogens is 505 g/mol. The van der Waals surface area contributed by atoms with Crippen LogP contribution >= 0.6 is 11.6 Å². The van der Waals surface area contributed by atoms with Crippen LogP contribution in [0.4, 0.5) is 24.8 Å². The van der Waals surface area contributed by atoms with Gasteiger partial charge in [0, 0.05) is 31.8 Å². The molecule has 0 fully saturated rings. The van der Waals surface area contributed by atoms with E-state index in [1.54, 1.807) is 7.05 Å². The summed E-state index contributed by atoms with van der Waals surface area (Å²) in [6.45, 7) is 0. The second-order valence-corrected chi connectivity index (χ2v) is 7.77. The van der Waals surface area contributed by atoms with E-state index in [4.69, 9.17) is 26.8 Å². The van der Waals surface area contributed by atoms with Gasteiger partial charge in [0.15, 0.2) is 28.4 Å². The number of hydrogen-bond donors (Lipinski definition) is 3. The van der Waals surface area contributed by atoms with Crippen LogP contribution in [0.15, 0.2) is 41.8 Å². The van der Waals surface area contributed by atoms with Crippen molar-refractivity contribution in [2.45, 2.75) is 6.18 Å². The van der Waals surface area contributed by atoms with Crippen LogP contribution in [0.1, 0.15) is 11.3 Å². The summed E-state index contributed by atoms with van der Waals surface area (Å²) in [5.74, 6) is 0.510. The zero-order chi connectivity index (χ0) is 26.2. The Labute approximate surface area is 206 Å². The Morgan fingerprint density at radius 1 is 1.31 bits per heavy atom. The van der Waals surface area contributed by atoms with Gasteiger partial charge in [-0.3, -0.25) is 4.79 Å². The molecular formula is C21H19ClF3N8O3+. The highest BCUT2D eigenvalue weighted by Crippen LogP contribution is 2.34. The Bertz CT molecular complexity index is 1550. The third-order valence-electron chi connectivity index (χ3n) is 5.09.